The highest BCUT2D eigenvalue weighted by molar-refractivity contribution is 5.06. The fourth-order valence-corrected chi connectivity index (χ4v) is 2.39. The molecule has 1 saturated carbocycles. The van der Waals surface area contributed by atoms with E-state index in [0.717, 1.165) is 30.9 Å². The van der Waals surface area contributed by atoms with Crippen LogP contribution in [0.15, 0.2) is 23.0 Å². The molecule has 0 saturated heterocycles. The molecule has 1 fully saturated rings. The van der Waals surface area contributed by atoms with E-state index < -0.39 is 0 Å². The molecule has 1 aliphatic carbocycles. The van der Waals surface area contributed by atoms with Gasteiger partial charge >= 0.3 is 0 Å². The van der Waals surface area contributed by atoms with Gasteiger partial charge in [-0.25, -0.2) is 0 Å². The molecule has 0 aliphatic heterocycles. The van der Waals surface area contributed by atoms with E-state index in [1.165, 1.54) is 12.8 Å². The van der Waals surface area contributed by atoms with Crippen molar-refractivity contribution in [3.05, 3.63) is 24.2 Å². The third-order valence-electron chi connectivity index (χ3n) is 3.78. The van der Waals surface area contributed by atoms with Crippen molar-refractivity contribution in [2.75, 3.05) is 6.61 Å². The first kappa shape index (κ1) is 11.7. The van der Waals surface area contributed by atoms with Crippen molar-refractivity contribution in [2.45, 2.75) is 44.7 Å². The minimum absolute atomic E-state index is 0.0657. The first-order valence-corrected chi connectivity index (χ1v) is 6.11. The van der Waals surface area contributed by atoms with E-state index in [4.69, 9.17) is 4.42 Å². The van der Waals surface area contributed by atoms with Gasteiger partial charge in [-0.15, -0.1) is 0 Å². The summed E-state index contributed by atoms with van der Waals surface area (Å²) in [5.74, 6) is 0.801. The summed E-state index contributed by atoms with van der Waals surface area (Å²) >= 11 is 0. The third kappa shape index (κ3) is 2.66. The zero-order valence-electron chi connectivity index (χ0n) is 9.91. The second-order valence-corrected chi connectivity index (χ2v) is 5.11. The molecule has 0 amide bonds. The Balaban J connectivity index is 1.89. The van der Waals surface area contributed by atoms with E-state index in [1.807, 2.05) is 6.07 Å². The average Bonchev–Trinajstić information content (AvgIpc) is 2.82. The summed E-state index contributed by atoms with van der Waals surface area (Å²) in [7, 11) is 0. The van der Waals surface area contributed by atoms with Crippen molar-refractivity contribution in [3.8, 4) is 0 Å². The van der Waals surface area contributed by atoms with Gasteiger partial charge in [0.2, 0.25) is 0 Å². The van der Waals surface area contributed by atoms with Crippen LogP contribution in [0.3, 0.4) is 0 Å². The van der Waals surface area contributed by atoms with E-state index in [0.29, 0.717) is 0 Å². The van der Waals surface area contributed by atoms with Crippen LogP contribution >= 0.6 is 0 Å². The maximum Gasteiger partial charge on any atom is 0.0947 e. The minimum atomic E-state index is -0.0657. The molecule has 0 atom stereocenters. The van der Waals surface area contributed by atoms with Crippen LogP contribution in [0.2, 0.25) is 0 Å². The second kappa shape index (κ2) is 5.02. The lowest BCUT2D eigenvalue weighted by Gasteiger charge is -2.39. The van der Waals surface area contributed by atoms with Gasteiger partial charge < -0.3 is 14.8 Å². The molecule has 0 bridgehead atoms. The predicted molar refractivity (Wildman–Crippen MR) is 63.0 cm³/mol. The van der Waals surface area contributed by atoms with Crippen molar-refractivity contribution in [1.82, 2.24) is 5.32 Å². The topological polar surface area (TPSA) is 45.4 Å². The number of furan rings is 1. The summed E-state index contributed by atoms with van der Waals surface area (Å²) in [5, 5.41) is 13.1. The Morgan fingerprint density at radius 2 is 2.25 bits per heavy atom. The Kier molecular flexibility index (Phi) is 3.66. The van der Waals surface area contributed by atoms with Gasteiger partial charge in [-0.2, -0.15) is 0 Å². The lowest BCUT2D eigenvalue weighted by molar-refractivity contribution is 0.104. The van der Waals surface area contributed by atoms with Crippen molar-refractivity contribution < 1.29 is 9.52 Å². The molecule has 90 valence electrons. The van der Waals surface area contributed by atoms with Gasteiger partial charge in [-0.05, 0) is 37.7 Å². The smallest absolute Gasteiger partial charge is 0.0947 e. The van der Waals surface area contributed by atoms with E-state index in [1.54, 1.807) is 12.5 Å². The van der Waals surface area contributed by atoms with Crippen molar-refractivity contribution in [3.63, 3.8) is 0 Å². The molecular formula is C13H21NO2. The number of hydrogen-bond donors (Lipinski definition) is 2. The zero-order chi connectivity index (χ0) is 11.4. The van der Waals surface area contributed by atoms with Crippen LogP contribution in [-0.4, -0.2) is 17.3 Å². The maximum absolute atomic E-state index is 9.57. The quantitative estimate of drug-likeness (QED) is 0.823. The molecule has 2 N–H and O–H groups in total. The summed E-state index contributed by atoms with van der Waals surface area (Å²) in [6.45, 7) is 3.31. The summed E-state index contributed by atoms with van der Waals surface area (Å²) in [5.41, 5.74) is 1.08. The van der Waals surface area contributed by atoms with Gasteiger partial charge in [-0.3, -0.25) is 0 Å². The highest BCUT2D eigenvalue weighted by atomic mass is 16.3. The van der Waals surface area contributed by atoms with E-state index in [2.05, 4.69) is 12.2 Å². The first-order chi connectivity index (χ1) is 7.74. The minimum Gasteiger partial charge on any atom is -0.472 e. The Morgan fingerprint density at radius 3 is 2.81 bits per heavy atom. The fraction of sp³-hybridized carbons (Fsp3) is 0.692. The first-order valence-electron chi connectivity index (χ1n) is 6.11. The highest BCUT2D eigenvalue weighted by Crippen LogP contribution is 2.31. The van der Waals surface area contributed by atoms with Gasteiger partial charge in [0.15, 0.2) is 0 Å². The molecular weight excluding hydrogens is 202 g/mol. The number of rotatable bonds is 4. The summed E-state index contributed by atoms with van der Waals surface area (Å²) in [6.07, 6.45) is 8.00. The Labute approximate surface area is 96.8 Å². The molecule has 0 radical (unpaired) electrons. The molecule has 1 aliphatic rings. The molecule has 16 heavy (non-hydrogen) atoms. The number of aliphatic hydroxyl groups is 1. The fourth-order valence-electron chi connectivity index (χ4n) is 2.39. The lowest BCUT2D eigenvalue weighted by atomic mass is 9.77. The van der Waals surface area contributed by atoms with Gasteiger partial charge in [0, 0.05) is 17.6 Å². The molecule has 1 aromatic rings. The monoisotopic (exact) mass is 223 g/mol. The van der Waals surface area contributed by atoms with Crippen molar-refractivity contribution in [1.29, 1.82) is 0 Å². The van der Waals surface area contributed by atoms with Crippen LogP contribution in [0.5, 0.6) is 0 Å². The Hall–Kier alpha value is -0.800. The van der Waals surface area contributed by atoms with Crippen LogP contribution in [-0.2, 0) is 6.54 Å². The van der Waals surface area contributed by atoms with Crippen LogP contribution in [0.1, 0.15) is 38.2 Å². The normalized spacial score (nSPS) is 30.5. The van der Waals surface area contributed by atoms with E-state index in [9.17, 15) is 5.11 Å². The van der Waals surface area contributed by atoms with Gasteiger partial charge in [0.1, 0.15) is 0 Å². The summed E-state index contributed by atoms with van der Waals surface area (Å²) in [6, 6.07) is 1.96. The molecule has 0 unspecified atom stereocenters. The molecule has 1 aromatic heterocycles. The second-order valence-electron chi connectivity index (χ2n) is 5.11. The number of aliphatic hydroxyl groups excluding tert-OH is 1. The predicted octanol–water partition coefficient (Wildman–Crippen LogP) is 2.31. The zero-order valence-corrected chi connectivity index (χ0v) is 9.91. The molecule has 3 nitrogen and oxygen atoms in total. The van der Waals surface area contributed by atoms with Crippen LogP contribution in [0.4, 0.5) is 0 Å². The van der Waals surface area contributed by atoms with Crippen LogP contribution < -0.4 is 5.32 Å². The van der Waals surface area contributed by atoms with E-state index >= 15 is 0 Å². The van der Waals surface area contributed by atoms with Crippen LogP contribution in [0.25, 0.3) is 0 Å². The highest BCUT2D eigenvalue weighted by Gasteiger charge is 2.32. The summed E-state index contributed by atoms with van der Waals surface area (Å²) < 4.78 is 5.04. The Morgan fingerprint density at radius 1 is 1.50 bits per heavy atom. The van der Waals surface area contributed by atoms with Gasteiger partial charge in [0.25, 0.3) is 0 Å². The number of hydrogen-bond acceptors (Lipinski definition) is 3. The van der Waals surface area contributed by atoms with Crippen molar-refractivity contribution in [2.24, 2.45) is 5.92 Å². The maximum atomic E-state index is 9.57. The SMILES string of the molecule is CC1CCC(CO)(NCc2ccoc2)CC1. The van der Waals surface area contributed by atoms with E-state index in [-0.39, 0.29) is 12.1 Å². The van der Waals surface area contributed by atoms with Gasteiger partial charge in [-0.1, -0.05) is 6.92 Å². The van der Waals surface area contributed by atoms with Crippen molar-refractivity contribution >= 4 is 0 Å². The average molecular weight is 223 g/mol. The standard InChI is InChI=1S/C13H21NO2/c1-11-2-5-13(10-15,6-3-11)14-8-12-4-7-16-9-12/h4,7,9,11,14-15H,2-3,5-6,8,10H2,1H3. The molecule has 1 heterocycles. The molecule has 0 spiro atoms. The molecule has 2 rings (SSSR count). The molecule has 3 heteroatoms. The largest absolute Gasteiger partial charge is 0.472 e. The summed E-state index contributed by atoms with van der Waals surface area (Å²) in [4.78, 5) is 0. The molecule has 0 aromatic carbocycles. The Bertz CT molecular complexity index is 300. The number of nitrogens with one attached hydrogen (secondary N) is 1. The lowest BCUT2D eigenvalue weighted by Crippen LogP contribution is -2.50. The van der Waals surface area contributed by atoms with Crippen LogP contribution in [0, 0.1) is 5.92 Å². The third-order valence-corrected chi connectivity index (χ3v) is 3.78. The van der Waals surface area contributed by atoms with Gasteiger partial charge in [0.05, 0.1) is 19.1 Å².